The zero-order valence-corrected chi connectivity index (χ0v) is 14.7. The van der Waals surface area contributed by atoms with Gasteiger partial charge in [0, 0.05) is 23.6 Å². The highest BCUT2D eigenvalue weighted by molar-refractivity contribution is 5.77. The molecule has 0 bridgehead atoms. The number of aromatic amines is 2. The van der Waals surface area contributed by atoms with Crippen molar-refractivity contribution in [2.24, 2.45) is 5.92 Å². The topological polar surface area (TPSA) is 104 Å². The number of fused-ring (bicyclic) bond motifs is 1. The summed E-state index contributed by atoms with van der Waals surface area (Å²) in [5, 5.41) is 16.4. The third-order valence-electron chi connectivity index (χ3n) is 4.80. The number of nitrogens with one attached hydrogen (secondary N) is 2. The molecule has 1 heterocycles. The Morgan fingerprint density at radius 3 is 2.92 bits per heavy atom. The number of rotatable bonds is 5. The molecule has 0 aliphatic heterocycles. The lowest BCUT2D eigenvalue weighted by Crippen LogP contribution is -2.50. The summed E-state index contributed by atoms with van der Waals surface area (Å²) in [5.74, 6) is -1.59. The first-order valence-electron chi connectivity index (χ1n) is 8.32. The lowest BCUT2D eigenvalue weighted by atomic mass is 9.66. The molecule has 2 aromatic rings. The molecular formula is C19H22N2O5. The Labute approximate surface area is 150 Å². The molecule has 0 unspecified atom stereocenters. The molecule has 0 fully saturated rings. The van der Waals surface area contributed by atoms with E-state index in [4.69, 9.17) is 9.47 Å². The molecule has 1 aliphatic carbocycles. The van der Waals surface area contributed by atoms with Crippen LogP contribution in [0.3, 0.4) is 0 Å². The molecule has 0 saturated heterocycles. The number of aliphatic hydroxyl groups is 1. The van der Waals surface area contributed by atoms with Crippen molar-refractivity contribution < 1.29 is 19.4 Å². The van der Waals surface area contributed by atoms with Crippen molar-refractivity contribution in [2.75, 3.05) is 13.7 Å². The van der Waals surface area contributed by atoms with Gasteiger partial charge in [-0.25, -0.2) is 0 Å². The quantitative estimate of drug-likeness (QED) is 0.555. The van der Waals surface area contributed by atoms with E-state index in [1.807, 2.05) is 0 Å². The van der Waals surface area contributed by atoms with Crippen LogP contribution in [0, 0.1) is 5.92 Å². The van der Waals surface area contributed by atoms with Crippen LogP contribution >= 0.6 is 0 Å². The molecule has 0 spiro atoms. The lowest BCUT2D eigenvalue weighted by Gasteiger charge is -2.40. The normalized spacial score (nSPS) is 24.6. The smallest absolute Gasteiger partial charge is 0.313 e. The van der Waals surface area contributed by atoms with Crippen LogP contribution in [0.15, 0.2) is 41.7 Å². The minimum atomic E-state index is -1.40. The minimum Gasteiger partial charge on any atom is -0.497 e. The van der Waals surface area contributed by atoms with Gasteiger partial charge in [0.2, 0.25) is 0 Å². The molecular weight excluding hydrogens is 336 g/mol. The van der Waals surface area contributed by atoms with E-state index in [2.05, 4.69) is 16.8 Å². The maximum absolute atomic E-state index is 12.8. The fourth-order valence-electron chi connectivity index (χ4n) is 3.68. The van der Waals surface area contributed by atoms with Crippen molar-refractivity contribution >= 4 is 5.97 Å². The van der Waals surface area contributed by atoms with E-state index >= 15 is 0 Å². The number of hydrogen-bond acceptors (Lipinski definition) is 5. The number of carbonyl (C=O) groups is 1. The SMILES string of the molecule is C=CCOC(=O)[C@@H]1[C@H](c2cccc(OC)c2)c2c([nH][nH]c2=O)C[C@@]1(C)O. The maximum atomic E-state index is 12.8. The molecule has 0 saturated carbocycles. The Balaban J connectivity index is 2.18. The average molecular weight is 358 g/mol. The molecule has 1 aromatic carbocycles. The number of hydrogen-bond donors (Lipinski definition) is 3. The first kappa shape index (κ1) is 18.0. The van der Waals surface area contributed by atoms with E-state index in [0.717, 1.165) is 0 Å². The zero-order chi connectivity index (χ0) is 18.9. The summed E-state index contributed by atoms with van der Waals surface area (Å²) < 4.78 is 10.5. The highest BCUT2D eigenvalue weighted by Gasteiger charge is 2.51. The van der Waals surface area contributed by atoms with Crippen molar-refractivity contribution in [3.8, 4) is 5.75 Å². The predicted molar refractivity (Wildman–Crippen MR) is 95.2 cm³/mol. The standard InChI is InChI=1S/C19H22N2O5/c1-4-8-26-18(23)16-14(11-6-5-7-12(9-11)25-3)15-13(10-19(16,2)24)20-21-17(15)22/h4-7,9,14,16,24H,1,8,10H2,2-3H3,(H2,20,21,22)/t14-,16+,19-/m1/s1. The van der Waals surface area contributed by atoms with Crippen molar-refractivity contribution in [2.45, 2.75) is 24.9 Å². The number of ether oxygens (including phenoxy) is 2. The molecule has 7 nitrogen and oxygen atoms in total. The third kappa shape index (κ3) is 3.06. The Bertz CT molecular complexity index is 880. The zero-order valence-electron chi connectivity index (χ0n) is 14.7. The monoisotopic (exact) mass is 358 g/mol. The summed E-state index contributed by atoms with van der Waals surface area (Å²) >= 11 is 0. The third-order valence-corrected chi connectivity index (χ3v) is 4.80. The average Bonchev–Trinajstić information content (AvgIpc) is 2.97. The summed E-state index contributed by atoms with van der Waals surface area (Å²) in [4.78, 5) is 25.2. The maximum Gasteiger partial charge on any atom is 0.313 e. The lowest BCUT2D eigenvalue weighted by molar-refractivity contribution is -0.158. The van der Waals surface area contributed by atoms with E-state index < -0.39 is 23.4 Å². The molecule has 3 rings (SSSR count). The van der Waals surface area contributed by atoms with Crippen LogP contribution in [0.25, 0.3) is 0 Å². The Morgan fingerprint density at radius 2 is 2.23 bits per heavy atom. The van der Waals surface area contributed by atoms with Crippen LogP contribution in [0.1, 0.15) is 29.7 Å². The molecule has 138 valence electrons. The van der Waals surface area contributed by atoms with Gasteiger partial charge in [0.05, 0.1) is 18.6 Å². The molecule has 7 heteroatoms. The number of H-pyrrole nitrogens is 2. The van der Waals surface area contributed by atoms with Gasteiger partial charge >= 0.3 is 5.97 Å². The van der Waals surface area contributed by atoms with Crippen molar-refractivity contribution in [1.82, 2.24) is 10.2 Å². The van der Waals surface area contributed by atoms with Gasteiger partial charge in [0.25, 0.3) is 5.56 Å². The fraction of sp³-hybridized carbons (Fsp3) is 0.368. The first-order valence-corrected chi connectivity index (χ1v) is 8.32. The summed E-state index contributed by atoms with van der Waals surface area (Å²) in [5.41, 5.74) is -0.00332. The van der Waals surface area contributed by atoms with Gasteiger partial charge in [-0.15, -0.1) is 0 Å². The van der Waals surface area contributed by atoms with E-state index in [0.29, 0.717) is 22.6 Å². The summed E-state index contributed by atoms with van der Waals surface area (Å²) in [6.45, 7) is 5.15. The van der Waals surface area contributed by atoms with Gasteiger partial charge in [-0.3, -0.25) is 14.7 Å². The number of esters is 1. The van der Waals surface area contributed by atoms with Gasteiger partial charge in [-0.1, -0.05) is 24.8 Å². The van der Waals surface area contributed by atoms with E-state index in [1.54, 1.807) is 38.3 Å². The summed E-state index contributed by atoms with van der Waals surface area (Å²) in [6.07, 6.45) is 1.60. The number of aromatic nitrogens is 2. The highest BCUT2D eigenvalue weighted by Crippen LogP contribution is 2.45. The van der Waals surface area contributed by atoms with Crippen LogP contribution in [0.5, 0.6) is 5.75 Å². The number of methoxy groups -OCH3 is 1. The van der Waals surface area contributed by atoms with Gasteiger partial charge in [0.15, 0.2) is 0 Å². The Morgan fingerprint density at radius 1 is 1.46 bits per heavy atom. The van der Waals surface area contributed by atoms with E-state index in [-0.39, 0.29) is 18.6 Å². The molecule has 3 atom stereocenters. The van der Waals surface area contributed by atoms with Crippen LogP contribution in [-0.4, -0.2) is 40.6 Å². The first-order chi connectivity index (χ1) is 12.4. The summed E-state index contributed by atoms with van der Waals surface area (Å²) in [6, 6.07) is 7.12. The number of benzene rings is 1. The Hall–Kier alpha value is -2.80. The minimum absolute atomic E-state index is 0.0343. The van der Waals surface area contributed by atoms with Crippen LogP contribution < -0.4 is 10.3 Å². The van der Waals surface area contributed by atoms with Gasteiger partial charge in [-0.05, 0) is 24.6 Å². The second-order valence-electron chi connectivity index (χ2n) is 6.66. The molecule has 1 aromatic heterocycles. The van der Waals surface area contributed by atoms with Crippen LogP contribution in [0.4, 0.5) is 0 Å². The molecule has 3 N–H and O–H groups in total. The van der Waals surface area contributed by atoms with E-state index in [9.17, 15) is 14.7 Å². The summed E-state index contributed by atoms with van der Waals surface area (Å²) in [7, 11) is 1.54. The van der Waals surface area contributed by atoms with Gasteiger partial charge in [0.1, 0.15) is 12.4 Å². The largest absolute Gasteiger partial charge is 0.497 e. The predicted octanol–water partition coefficient (Wildman–Crippen LogP) is 1.50. The molecule has 0 radical (unpaired) electrons. The molecule has 26 heavy (non-hydrogen) atoms. The van der Waals surface area contributed by atoms with Crippen LogP contribution in [-0.2, 0) is 16.0 Å². The Kier molecular flexibility index (Phi) is 4.73. The molecule has 1 aliphatic rings. The van der Waals surface area contributed by atoms with E-state index in [1.165, 1.54) is 6.08 Å². The number of carbonyl (C=O) groups excluding carboxylic acids is 1. The van der Waals surface area contributed by atoms with Gasteiger partial charge in [-0.2, -0.15) is 0 Å². The van der Waals surface area contributed by atoms with Crippen LogP contribution in [0.2, 0.25) is 0 Å². The highest BCUT2D eigenvalue weighted by atomic mass is 16.5. The van der Waals surface area contributed by atoms with Crippen molar-refractivity contribution in [3.05, 3.63) is 64.1 Å². The second kappa shape index (κ2) is 6.84. The van der Waals surface area contributed by atoms with Crippen molar-refractivity contribution in [1.29, 1.82) is 0 Å². The fourth-order valence-corrected chi connectivity index (χ4v) is 3.68. The van der Waals surface area contributed by atoms with Crippen molar-refractivity contribution in [3.63, 3.8) is 0 Å². The molecule has 0 amide bonds. The second-order valence-corrected chi connectivity index (χ2v) is 6.66. The van der Waals surface area contributed by atoms with Gasteiger partial charge < -0.3 is 19.7 Å².